The van der Waals surface area contributed by atoms with Crippen molar-refractivity contribution in [2.75, 3.05) is 23.7 Å². The minimum absolute atomic E-state index is 0.310. The fourth-order valence-corrected chi connectivity index (χ4v) is 2.92. The van der Waals surface area contributed by atoms with Crippen LogP contribution >= 0.6 is 23.2 Å². The molecule has 0 atom stereocenters. The van der Waals surface area contributed by atoms with Gasteiger partial charge in [-0.15, -0.1) is 0 Å². The van der Waals surface area contributed by atoms with Gasteiger partial charge in [0.15, 0.2) is 0 Å². The lowest BCUT2D eigenvalue weighted by Crippen LogP contribution is -2.21. The molecular weight excluding hydrogens is 446 g/mol. The molecule has 0 radical (unpaired) electrons. The van der Waals surface area contributed by atoms with Gasteiger partial charge in [0.1, 0.15) is 0 Å². The molecule has 30 heavy (non-hydrogen) atoms. The van der Waals surface area contributed by atoms with Crippen LogP contribution in [0.15, 0.2) is 36.4 Å². The summed E-state index contributed by atoms with van der Waals surface area (Å²) in [7, 11) is 0. The van der Waals surface area contributed by atoms with Gasteiger partial charge in [0, 0.05) is 11.4 Å². The highest BCUT2D eigenvalue weighted by molar-refractivity contribution is 6.42. The van der Waals surface area contributed by atoms with Gasteiger partial charge >= 0.3 is 18.2 Å². The molecule has 1 aliphatic rings. The van der Waals surface area contributed by atoms with E-state index in [1.165, 1.54) is 11.1 Å². The highest BCUT2D eigenvalue weighted by Crippen LogP contribution is 2.25. The molecule has 0 saturated carbocycles. The molecule has 2 aromatic carbocycles. The summed E-state index contributed by atoms with van der Waals surface area (Å²) >= 11 is 11.8. The zero-order valence-corrected chi connectivity index (χ0v) is 17.0. The maximum absolute atomic E-state index is 12.1. The average molecular weight is 464 g/mol. The predicted molar refractivity (Wildman–Crippen MR) is 110 cm³/mol. The van der Waals surface area contributed by atoms with Gasteiger partial charge in [-0.2, -0.15) is 13.2 Å². The SMILES string of the molecule is O=C(Nc1ccc(Cl)c(Cl)c1)Nc1ccc2c(c1)CCNCC2.O=C(O)C(F)(F)F. The number of hydrogen-bond donors (Lipinski definition) is 4. The van der Waals surface area contributed by atoms with E-state index < -0.39 is 12.1 Å². The Morgan fingerprint density at radius 3 is 2.00 bits per heavy atom. The van der Waals surface area contributed by atoms with Gasteiger partial charge in [0.05, 0.1) is 10.0 Å². The van der Waals surface area contributed by atoms with Gasteiger partial charge in [-0.1, -0.05) is 29.3 Å². The van der Waals surface area contributed by atoms with Gasteiger partial charge in [-0.05, 0) is 67.4 Å². The Kier molecular flexibility index (Phi) is 8.33. The molecule has 162 valence electrons. The van der Waals surface area contributed by atoms with Crippen LogP contribution in [0.5, 0.6) is 0 Å². The van der Waals surface area contributed by atoms with E-state index in [9.17, 15) is 18.0 Å². The number of nitrogens with one attached hydrogen (secondary N) is 3. The molecular formula is C19H18Cl2F3N3O3. The van der Waals surface area contributed by atoms with Crippen molar-refractivity contribution in [2.45, 2.75) is 19.0 Å². The number of halogens is 5. The van der Waals surface area contributed by atoms with E-state index in [1.807, 2.05) is 12.1 Å². The topological polar surface area (TPSA) is 90.5 Å². The van der Waals surface area contributed by atoms with Gasteiger partial charge in [0.25, 0.3) is 0 Å². The summed E-state index contributed by atoms with van der Waals surface area (Å²) in [5, 5.41) is 17.0. The summed E-state index contributed by atoms with van der Waals surface area (Å²) in [6.07, 6.45) is -3.09. The Labute approximate surface area is 180 Å². The lowest BCUT2D eigenvalue weighted by molar-refractivity contribution is -0.192. The fraction of sp³-hybridized carbons (Fsp3) is 0.263. The number of carbonyl (C=O) groups is 2. The second-order valence-corrected chi connectivity index (χ2v) is 7.06. The molecule has 0 aromatic heterocycles. The van der Waals surface area contributed by atoms with Crippen molar-refractivity contribution >= 4 is 46.6 Å². The smallest absolute Gasteiger partial charge is 0.475 e. The summed E-state index contributed by atoms with van der Waals surface area (Å²) in [5.41, 5.74) is 3.99. The van der Waals surface area contributed by atoms with Crippen LogP contribution in [0.25, 0.3) is 0 Å². The van der Waals surface area contributed by atoms with E-state index >= 15 is 0 Å². The number of rotatable bonds is 2. The Balaban J connectivity index is 0.000000396. The number of aliphatic carboxylic acids is 1. The van der Waals surface area contributed by atoms with Crippen molar-refractivity contribution in [2.24, 2.45) is 0 Å². The first kappa shape index (κ1) is 23.8. The van der Waals surface area contributed by atoms with E-state index in [4.69, 9.17) is 33.1 Å². The normalized spacial score (nSPS) is 13.2. The Bertz CT molecular complexity index is 924. The standard InChI is InChI=1S/C17H17Cl2N3O.C2HF3O2/c18-15-4-3-14(10-16(15)19)22-17(23)21-13-2-1-11-5-7-20-8-6-12(11)9-13;3-2(4,5)1(6)7/h1-4,9-10,20H,5-8H2,(H2,21,22,23);(H,6,7). The number of fused-ring (bicyclic) bond motifs is 1. The first-order valence-corrected chi connectivity index (χ1v) is 9.47. The van der Waals surface area contributed by atoms with E-state index in [0.717, 1.165) is 31.6 Å². The number of hydrogen-bond acceptors (Lipinski definition) is 3. The van der Waals surface area contributed by atoms with E-state index in [1.54, 1.807) is 18.2 Å². The second kappa shape index (κ2) is 10.5. The van der Waals surface area contributed by atoms with Crippen LogP contribution in [0.1, 0.15) is 11.1 Å². The quantitative estimate of drug-likeness (QED) is 0.506. The van der Waals surface area contributed by atoms with Gasteiger partial charge in [-0.3, -0.25) is 0 Å². The van der Waals surface area contributed by atoms with Crippen LogP contribution in [-0.4, -0.2) is 36.4 Å². The number of amides is 2. The zero-order chi connectivity index (χ0) is 22.3. The third-order valence-electron chi connectivity index (χ3n) is 4.03. The molecule has 1 aliphatic heterocycles. The van der Waals surface area contributed by atoms with Crippen molar-refractivity contribution in [3.05, 3.63) is 57.6 Å². The third-order valence-corrected chi connectivity index (χ3v) is 4.77. The highest BCUT2D eigenvalue weighted by Gasteiger charge is 2.38. The summed E-state index contributed by atoms with van der Waals surface area (Å²) in [6.45, 7) is 1.96. The van der Waals surface area contributed by atoms with Crippen LogP contribution in [0, 0.1) is 0 Å². The van der Waals surface area contributed by atoms with Crippen molar-refractivity contribution in [3.63, 3.8) is 0 Å². The number of urea groups is 1. The van der Waals surface area contributed by atoms with Gasteiger partial charge in [-0.25, -0.2) is 9.59 Å². The summed E-state index contributed by atoms with van der Waals surface area (Å²) in [5.74, 6) is -2.76. The van der Waals surface area contributed by atoms with Crippen molar-refractivity contribution < 1.29 is 27.9 Å². The fourth-order valence-electron chi connectivity index (χ4n) is 2.62. The van der Waals surface area contributed by atoms with Crippen molar-refractivity contribution in [1.82, 2.24) is 5.32 Å². The largest absolute Gasteiger partial charge is 0.490 e. The summed E-state index contributed by atoms with van der Waals surface area (Å²) in [6, 6.07) is 10.7. The van der Waals surface area contributed by atoms with E-state index in [0.29, 0.717) is 15.7 Å². The number of carboxylic acids is 1. The first-order chi connectivity index (χ1) is 14.1. The molecule has 0 fully saturated rings. The van der Waals surface area contributed by atoms with Crippen LogP contribution in [0.3, 0.4) is 0 Å². The van der Waals surface area contributed by atoms with Crippen LogP contribution in [0.2, 0.25) is 10.0 Å². The predicted octanol–water partition coefficient (Wildman–Crippen LogP) is 4.96. The second-order valence-electron chi connectivity index (χ2n) is 6.24. The molecule has 2 amide bonds. The maximum Gasteiger partial charge on any atom is 0.490 e. The lowest BCUT2D eigenvalue weighted by atomic mass is 10.0. The molecule has 11 heteroatoms. The van der Waals surface area contributed by atoms with Crippen molar-refractivity contribution in [3.8, 4) is 0 Å². The van der Waals surface area contributed by atoms with E-state index in [2.05, 4.69) is 22.0 Å². The number of anilines is 2. The molecule has 0 saturated heterocycles. The molecule has 0 unspecified atom stereocenters. The molecule has 0 spiro atoms. The number of carbonyl (C=O) groups excluding carboxylic acids is 1. The average Bonchev–Trinajstić information content (AvgIpc) is 2.89. The number of benzene rings is 2. The first-order valence-electron chi connectivity index (χ1n) is 8.72. The van der Waals surface area contributed by atoms with Crippen LogP contribution in [0.4, 0.5) is 29.3 Å². The van der Waals surface area contributed by atoms with Gasteiger partial charge < -0.3 is 21.1 Å². The van der Waals surface area contributed by atoms with E-state index in [-0.39, 0.29) is 6.03 Å². The van der Waals surface area contributed by atoms with Crippen LogP contribution < -0.4 is 16.0 Å². The minimum atomic E-state index is -5.08. The summed E-state index contributed by atoms with van der Waals surface area (Å²) < 4.78 is 31.7. The molecule has 4 N–H and O–H groups in total. The maximum atomic E-state index is 12.1. The van der Waals surface area contributed by atoms with Crippen molar-refractivity contribution in [1.29, 1.82) is 0 Å². The molecule has 0 aliphatic carbocycles. The minimum Gasteiger partial charge on any atom is -0.475 e. The molecule has 2 aromatic rings. The van der Waals surface area contributed by atoms with Gasteiger partial charge in [0.2, 0.25) is 0 Å². The highest BCUT2D eigenvalue weighted by atomic mass is 35.5. The Hall–Kier alpha value is -2.49. The van der Waals surface area contributed by atoms with Crippen LogP contribution in [-0.2, 0) is 17.6 Å². The summed E-state index contributed by atoms with van der Waals surface area (Å²) in [4.78, 5) is 21.0. The molecule has 1 heterocycles. The number of alkyl halides is 3. The number of carboxylic acid groups (broad SMARTS) is 1. The molecule has 0 bridgehead atoms. The Morgan fingerprint density at radius 1 is 0.900 bits per heavy atom. The Morgan fingerprint density at radius 2 is 1.43 bits per heavy atom. The zero-order valence-electron chi connectivity index (χ0n) is 15.4. The monoisotopic (exact) mass is 463 g/mol. The third kappa shape index (κ3) is 7.40. The molecule has 6 nitrogen and oxygen atoms in total. The lowest BCUT2D eigenvalue weighted by Gasteiger charge is -2.11. The molecule has 3 rings (SSSR count).